The molecule has 4 rings (SSSR count). The minimum absolute atomic E-state index is 0.0946. The van der Waals surface area contributed by atoms with Gasteiger partial charge in [-0.15, -0.1) is 0 Å². The van der Waals surface area contributed by atoms with Gasteiger partial charge in [-0.2, -0.15) is 5.26 Å². The Morgan fingerprint density at radius 1 is 1.22 bits per heavy atom. The van der Waals surface area contributed by atoms with Gasteiger partial charge in [0.2, 0.25) is 0 Å². The van der Waals surface area contributed by atoms with Crippen LogP contribution >= 0.6 is 0 Å². The molecule has 3 aromatic rings. The van der Waals surface area contributed by atoms with Crippen molar-refractivity contribution in [3.05, 3.63) is 30.2 Å². The first-order valence-electron chi connectivity index (χ1n) is 7.48. The molecular weight excluding hydrogens is 292 g/mol. The third kappa shape index (κ3) is 2.34. The minimum atomic E-state index is -0.0946. The number of fused-ring (bicyclic) bond motifs is 3. The lowest BCUT2D eigenvalue weighted by molar-refractivity contribution is 0.222. The summed E-state index contributed by atoms with van der Waals surface area (Å²) in [5.74, 6) is 0. The second-order valence-electron chi connectivity index (χ2n) is 5.60. The van der Waals surface area contributed by atoms with Crippen LogP contribution in [0.3, 0.4) is 0 Å². The molecule has 114 valence electrons. The molecule has 0 unspecified atom stereocenters. The highest BCUT2D eigenvalue weighted by atomic mass is 16.2. The van der Waals surface area contributed by atoms with Gasteiger partial charge in [0.1, 0.15) is 17.4 Å². The number of aromatic nitrogens is 3. The third-order valence-electron chi connectivity index (χ3n) is 4.09. The van der Waals surface area contributed by atoms with E-state index in [0.717, 1.165) is 42.2 Å². The standard InChI is InChI=1S/C16H14N6O/c17-7-10-5-12-13-6-11(20-16(23)22-3-1-2-4-22)8-19-15(13)21-14(12)9-18-10/h5-6,8-9H,1-4H2,(H,19,21)(H,20,23). The molecule has 7 heteroatoms. The van der Waals surface area contributed by atoms with Crippen molar-refractivity contribution in [2.75, 3.05) is 18.4 Å². The highest BCUT2D eigenvalue weighted by molar-refractivity contribution is 6.07. The number of nitrogens with zero attached hydrogens (tertiary/aromatic N) is 4. The first-order valence-corrected chi connectivity index (χ1v) is 7.48. The van der Waals surface area contributed by atoms with Gasteiger partial charge in [0.25, 0.3) is 0 Å². The largest absolute Gasteiger partial charge is 0.338 e. The number of carbonyl (C=O) groups is 1. The number of likely N-dealkylation sites (tertiary alicyclic amines) is 1. The molecule has 3 aromatic heterocycles. The van der Waals surface area contributed by atoms with E-state index in [1.54, 1.807) is 23.4 Å². The van der Waals surface area contributed by atoms with E-state index in [1.807, 2.05) is 12.1 Å². The second kappa shape index (κ2) is 5.25. The van der Waals surface area contributed by atoms with Crippen LogP contribution in [-0.2, 0) is 0 Å². The summed E-state index contributed by atoms with van der Waals surface area (Å²) in [6.45, 7) is 1.59. The van der Waals surface area contributed by atoms with Crippen molar-refractivity contribution in [3.8, 4) is 6.07 Å². The summed E-state index contributed by atoms with van der Waals surface area (Å²) in [4.78, 5) is 25.5. The van der Waals surface area contributed by atoms with Gasteiger partial charge >= 0.3 is 6.03 Å². The van der Waals surface area contributed by atoms with E-state index in [0.29, 0.717) is 17.0 Å². The van der Waals surface area contributed by atoms with E-state index in [2.05, 4.69) is 20.3 Å². The molecule has 1 aliphatic rings. The van der Waals surface area contributed by atoms with Crippen molar-refractivity contribution in [2.45, 2.75) is 12.8 Å². The molecule has 1 fully saturated rings. The zero-order valence-corrected chi connectivity index (χ0v) is 12.3. The molecule has 0 bridgehead atoms. The van der Waals surface area contributed by atoms with Crippen LogP contribution in [0.2, 0.25) is 0 Å². The Labute approximate surface area is 131 Å². The molecule has 1 aliphatic heterocycles. The lowest BCUT2D eigenvalue weighted by Gasteiger charge is -2.15. The van der Waals surface area contributed by atoms with Crippen molar-refractivity contribution in [1.82, 2.24) is 19.9 Å². The lowest BCUT2D eigenvalue weighted by Crippen LogP contribution is -2.32. The van der Waals surface area contributed by atoms with Gasteiger partial charge in [-0.1, -0.05) is 0 Å². The fourth-order valence-corrected chi connectivity index (χ4v) is 2.93. The molecule has 2 amide bonds. The molecule has 0 saturated carbocycles. The number of urea groups is 1. The fourth-order valence-electron chi connectivity index (χ4n) is 2.93. The number of rotatable bonds is 1. The van der Waals surface area contributed by atoms with Crippen LogP contribution in [-0.4, -0.2) is 39.0 Å². The minimum Gasteiger partial charge on any atom is -0.338 e. The summed E-state index contributed by atoms with van der Waals surface area (Å²) < 4.78 is 0. The number of hydrogen-bond acceptors (Lipinski definition) is 4. The van der Waals surface area contributed by atoms with E-state index >= 15 is 0 Å². The van der Waals surface area contributed by atoms with E-state index in [9.17, 15) is 4.79 Å². The van der Waals surface area contributed by atoms with Gasteiger partial charge in [0.05, 0.1) is 23.6 Å². The van der Waals surface area contributed by atoms with Crippen molar-refractivity contribution in [2.24, 2.45) is 0 Å². The monoisotopic (exact) mass is 306 g/mol. The van der Waals surface area contributed by atoms with E-state index < -0.39 is 0 Å². The van der Waals surface area contributed by atoms with E-state index in [4.69, 9.17) is 5.26 Å². The first kappa shape index (κ1) is 13.5. The fraction of sp³-hybridized carbons (Fsp3) is 0.250. The zero-order chi connectivity index (χ0) is 15.8. The number of hydrogen-bond donors (Lipinski definition) is 2. The molecule has 0 atom stereocenters. The number of H-pyrrole nitrogens is 1. The van der Waals surface area contributed by atoms with Crippen LogP contribution < -0.4 is 5.32 Å². The van der Waals surface area contributed by atoms with Crippen LogP contribution in [0, 0.1) is 11.3 Å². The normalized spacial score (nSPS) is 14.3. The zero-order valence-electron chi connectivity index (χ0n) is 12.3. The predicted molar refractivity (Wildman–Crippen MR) is 85.9 cm³/mol. The number of nitriles is 1. The van der Waals surface area contributed by atoms with Crippen LogP contribution in [0.4, 0.5) is 10.5 Å². The van der Waals surface area contributed by atoms with Gasteiger partial charge in [0, 0.05) is 23.9 Å². The van der Waals surface area contributed by atoms with Crippen molar-refractivity contribution >= 4 is 33.7 Å². The number of nitrogens with one attached hydrogen (secondary N) is 2. The maximum Gasteiger partial charge on any atom is 0.321 e. The molecule has 23 heavy (non-hydrogen) atoms. The maximum atomic E-state index is 12.2. The van der Waals surface area contributed by atoms with Gasteiger partial charge in [-0.25, -0.2) is 14.8 Å². The number of amides is 2. The van der Waals surface area contributed by atoms with Crippen LogP contribution in [0.25, 0.3) is 21.9 Å². The molecule has 0 aromatic carbocycles. The summed E-state index contributed by atoms with van der Waals surface area (Å²) in [7, 11) is 0. The summed E-state index contributed by atoms with van der Waals surface area (Å²) in [5.41, 5.74) is 2.51. The van der Waals surface area contributed by atoms with Crippen molar-refractivity contribution < 1.29 is 4.79 Å². The lowest BCUT2D eigenvalue weighted by atomic mass is 10.2. The molecular formula is C16H14N6O. The number of carbonyl (C=O) groups excluding carboxylic acids is 1. The van der Waals surface area contributed by atoms with Crippen molar-refractivity contribution in [3.63, 3.8) is 0 Å². The molecule has 7 nitrogen and oxygen atoms in total. The van der Waals surface area contributed by atoms with Gasteiger partial charge in [0.15, 0.2) is 0 Å². The summed E-state index contributed by atoms with van der Waals surface area (Å²) in [6.07, 6.45) is 5.36. The average Bonchev–Trinajstić information content (AvgIpc) is 3.22. The molecule has 0 radical (unpaired) electrons. The average molecular weight is 306 g/mol. The topological polar surface area (TPSA) is 97.7 Å². The molecule has 0 aliphatic carbocycles. The Kier molecular flexibility index (Phi) is 3.08. The maximum absolute atomic E-state index is 12.2. The quantitative estimate of drug-likeness (QED) is 0.722. The van der Waals surface area contributed by atoms with Crippen LogP contribution in [0.5, 0.6) is 0 Å². The summed E-state index contributed by atoms with van der Waals surface area (Å²) >= 11 is 0. The van der Waals surface area contributed by atoms with Gasteiger partial charge in [-0.05, 0) is 25.0 Å². The summed E-state index contributed by atoms with van der Waals surface area (Å²) in [6, 6.07) is 5.54. The number of pyridine rings is 2. The van der Waals surface area contributed by atoms with Gasteiger partial charge in [-0.3, -0.25) is 0 Å². The number of aromatic amines is 1. The van der Waals surface area contributed by atoms with Crippen LogP contribution in [0.1, 0.15) is 18.5 Å². The second-order valence-corrected chi connectivity index (χ2v) is 5.60. The Morgan fingerprint density at radius 3 is 2.83 bits per heavy atom. The Balaban J connectivity index is 1.72. The predicted octanol–water partition coefficient (Wildman–Crippen LogP) is 2.61. The molecule has 4 heterocycles. The van der Waals surface area contributed by atoms with Crippen molar-refractivity contribution in [1.29, 1.82) is 5.26 Å². The highest BCUT2D eigenvalue weighted by Gasteiger charge is 2.18. The summed E-state index contributed by atoms with van der Waals surface area (Å²) in [5, 5.41) is 13.6. The number of anilines is 1. The first-order chi connectivity index (χ1) is 11.2. The Bertz CT molecular complexity index is 948. The Hall–Kier alpha value is -3.14. The SMILES string of the molecule is N#Cc1cc2c(cn1)[nH]c1ncc(NC(=O)N3CCCC3)cc12. The Morgan fingerprint density at radius 2 is 2.04 bits per heavy atom. The molecule has 0 spiro atoms. The van der Waals surface area contributed by atoms with E-state index in [-0.39, 0.29) is 6.03 Å². The third-order valence-corrected chi connectivity index (χ3v) is 4.09. The smallest absolute Gasteiger partial charge is 0.321 e. The van der Waals surface area contributed by atoms with Gasteiger partial charge < -0.3 is 15.2 Å². The molecule has 2 N–H and O–H groups in total. The van der Waals surface area contributed by atoms with E-state index in [1.165, 1.54) is 0 Å². The van der Waals surface area contributed by atoms with Crippen LogP contribution in [0.15, 0.2) is 24.5 Å². The highest BCUT2D eigenvalue weighted by Crippen LogP contribution is 2.26. The molecule has 1 saturated heterocycles.